The number of benzene rings is 1. The van der Waals surface area contributed by atoms with E-state index in [0.29, 0.717) is 11.6 Å². The first-order valence-corrected chi connectivity index (χ1v) is 7.20. The summed E-state index contributed by atoms with van der Waals surface area (Å²) >= 11 is 7.51. The van der Waals surface area contributed by atoms with Gasteiger partial charge in [-0.05, 0) is 42.1 Å². The lowest BCUT2D eigenvalue weighted by atomic mass is 10.2. The average molecular weight is 295 g/mol. The minimum absolute atomic E-state index is 0.0252. The van der Waals surface area contributed by atoms with Crippen LogP contribution in [0.5, 0.6) is 0 Å². The molecule has 0 unspecified atom stereocenters. The van der Waals surface area contributed by atoms with Gasteiger partial charge in [-0.1, -0.05) is 17.7 Å². The molecule has 5 heteroatoms. The molecule has 0 spiro atoms. The first-order valence-electron chi connectivity index (χ1n) is 5.94. The van der Waals surface area contributed by atoms with Crippen LogP contribution in [0.1, 0.15) is 10.4 Å². The summed E-state index contributed by atoms with van der Waals surface area (Å²) in [6, 6.07) is 9.53. The van der Waals surface area contributed by atoms with Crippen LogP contribution in [0.25, 0.3) is 0 Å². The minimum Gasteiger partial charge on any atom is -0.376 e. The number of amides is 1. The molecule has 0 aliphatic rings. The normalized spacial score (nSPS) is 10.2. The first kappa shape index (κ1) is 13.9. The molecule has 2 aromatic rings. The molecule has 2 N–H and O–H groups in total. The Labute approximate surface area is 121 Å². The van der Waals surface area contributed by atoms with Crippen LogP contribution >= 0.6 is 22.9 Å². The third-order valence-corrected chi connectivity index (χ3v) is 3.78. The van der Waals surface area contributed by atoms with Gasteiger partial charge in [0.05, 0.1) is 13.1 Å². The maximum absolute atomic E-state index is 11.7. The highest BCUT2D eigenvalue weighted by atomic mass is 35.5. The average Bonchev–Trinajstić information content (AvgIpc) is 2.88. The molecule has 3 nitrogen and oxygen atoms in total. The lowest BCUT2D eigenvalue weighted by Gasteiger charge is -2.09. The Bertz CT molecular complexity index is 555. The molecule has 19 heavy (non-hydrogen) atoms. The van der Waals surface area contributed by atoms with E-state index < -0.39 is 0 Å². The zero-order chi connectivity index (χ0) is 13.7. The molecule has 0 fully saturated rings. The largest absolute Gasteiger partial charge is 0.376 e. The van der Waals surface area contributed by atoms with Crippen LogP contribution < -0.4 is 10.6 Å². The third-order valence-electron chi connectivity index (χ3n) is 2.67. The number of rotatable bonds is 5. The van der Waals surface area contributed by atoms with Crippen molar-refractivity contribution in [3.63, 3.8) is 0 Å². The summed E-state index contributed by atoms with van der Waals surface area (Å²) in [6.45, 7) is 2.80. The summed E-state index contributed by atoms with van der Waals surface area (Å²) in [7, 11) is 0. The number of carbonyl (C=O) groups excluding carboxylic acids is 1. The van der Waals surface area contributed by atoms with E-state index in [0.717, 1.165) is 16.1 Å². The number of carbonyl (C=O) groups is 1. The van der Waals surface area contributed by atoms with Crippen LogP contribution in [0.3, 0.4) is 0 Å². The fraction of sp³-hybridized carbons (Fsp3) is 0.214. The molecule has 100 valence electrons. The van der Waals surface area contributed by atoms with Gasteiger partial charge in [-0.25, -0.2) is 0 Å². The SMILES string of the molecule is Cc1cc(Cl)ccc1NCC(=O)NCc1cccs1. The summed E-state index contributed by atoms with van der Waals surface area (Å²) < 4.78 is 0. The van der Waals surface area contributed by atoms with Gasteiger partial charge < -0.3 is 10.6 Å². The van der Waals surface area contributed by atoms with Crippen LogP contribution in [0, 0.1) is 6.92 Å². The lowest BCUT2D eigenvalue weighted by molar-refractivity contribution is -0.119. The van der Waals surface area contributed by atoms with Crippen LogP contribution in [0.2, 0.25) is 5.02 Å². The second-order valence-corrected chi connectivity index (χ2v) is 5.64. The van der Waals surface area contributed by atoms with Gasteiger partial charge >= 0.3 is 0 Å². The molecule has 0 bridgehead atoms. The molecular weight excluding hydrogens is 280 g/mol. The molecule has 0 saturated carbocycles. The zero-order valence-electron chi connectivity index (χ0n) is 10.6. The molecule has 2 rings (SSSR count). The number of hydrogen-bond donors (Lipinski definition) is 2. The number of halogens is 1. The first-order chi connectivity index (χ1) is 9.15. The van der Waals surface area contributed by atoms with Crippen LogP contribution in [0.4, 0.5) is 5.69 Å². The number of thiophene rings is 1. The van der Waals surface area contributed by atoms with Crippen molar-refractivity contribution in [3.05, 3.63) is 51.2 Å². The summed E-state index contributed by atoms with van der Waals surface area (Å²) in [5.41, 5.74) is 1.95. The Kier molecular flexibility index (Phi) is 4.82. The van der Waals surface area contributed by atoms with Crippen molar-refractivity contribution in [2.24, 2.45) is 0 Å². The van der Waals surface area contributed by atoms with Crippen LogP contribution in [0.15, 0.2) is 35.7 Å². The monoisotopic (exact) mass is 294 g/mol. The molecular formula is C14H15ClN2OS. The van der Waals surface area contributed by atoms with Gasteiger partial charge in [0, 0.05) is 15.6 Å². The number of hydrogen-bond acceptors (Lipinski definition) is 3. The predicted octanol–water partition coefficient (Wildman–Crippen LogP) is 3.44. The van der Waals surface area contributed by atoms with Gasteiger partial charge in [-0.3, -0.25) is 4.79 Å². The summed E-state index contributed by atoms with van der Waals surface area (Å²) in [6.07, 6.45) is 0. The van der Waals surface area contributed by atoms with E-state index in [1.165, 1.54) is 0 Å². The van der Waals surface area contributed by atoms with Crippen molar-refractivity contribution in [2.45, 2.75) is 13.5 Å². The molecule has 0 aliphatic heterocycles. The molecule has 1 aromatic heterocycles. The van der Waals surface area contributed by atoms with E-state index in [1.54, 1.807) is 17.4 Å². The molecule has 0 saturated heterocycles. The van der Waals surface area contributed by atoms with Gasteiger partial charge in [-0.15, -0.1) is 11.3 Å². The van der Waals surface area contributed by atoms with Gasteiger partial charge in [0.15, 0.2) is 0 Å². The Morgan fingerprint density at radius 3 is 2.89 bits per heavy atom. The second kappa shape index (κ2) is 6.59. The quantitative estimate of drug-likeness (QED) is 0.887. The molecule has 0 radical (unpaired) electrons. The van der Waals surface area contributed by atoms with E-state index in [-0.39, 0.29) is 12.5 Å². The fourth-order valence-corrected chi connectivity index (χ4v) is 2.53. The third kappa shape index (κ3) is 4.26. The standard InChI is InChI=1S/C14H15ClN2OS/c1-10-7-11(15)4-5-13(10)16-9-14(18)17-8-12-3-2-6-19-12/h2-7,16H,8-9H2,1H3,(H,17,18). The topological polar surface area (TPSA) is 41.1 Å². The Morgan fingerprint density at radius 1 is 1.37 bits per heavy atom. The molecule has 0 aliphatic carbocycles. The van der Waals surface area contributed by atoms with E-state index in [1.807, 2.05) is 36.6 Å². The van der Waals surface area contributed by atoms with E-state index >= 15 is 0 Å². The number of anilines is 1. The van der Waals surface area contributed by atoms with Gasteiger partial charge in [0.2, 0.25) is 5.91 Å². The maximum atomic E-state index is 11.7. The lowest BCUT2D eigenvalue weighted by Crippen LogP contribution is -2.29. The van der Waals surface area contributed by atoms with E-state index in [4.69, 9.17) is 11.6 Å². The van der Waals surface area contributed by atoms with Crippen molar-refractivity contribution >= 4 is 34.5 Å². The predicted molar refractivity (Wildman–Crippen MR) is 80.8 cm³/mol. The molecule has 1 aromatic carbocycles. The highest BCUT2D eigenvalue weighted by Gasteiger charge is 2.03. The van der Waals surface area contributed by atoms with Crippen molar-refractivity contribution in [3.8, 4) is 0 Å². The van der Waals surface area contributed by atoms with Crippen molar-refractivity contribution in [1.29, 1.82) is 0 Å². The van der Waals surface area contributed by atoms with Gasteiger partial charge in [-0.2, -0.15) is 0 Å². The summed E-state index contributed by atoms with van der Waals surface area (Å²) in [4.78, 5) is 12.8. The molecule has 1 heterocycles. The number of nitrogens with one attached hydrogen (secondary N) is 2. The Balaban J connectivity index is 1.80. The van der Waals surface area contributed by atoms with E-state index in [9.17, 15) is 4.79 Å². The highest BCUT2D eigenvalue weighted by Crippen LogP contribution is 2.19. The molecule has 0 atom stereocenters. The zero-order valence-corrected chi connectivity index (χ0v) is 12.1. The second-order valence-electron chi connectivity index (χ2n) is 4.17. The highest BCUT2D eigenvalue weighted by molar-refractivity contribution is 7.09. The van der Waals surface area contributed by atoms with Crippen molar-refractivity contribution in [2.75, 3.05) is 11.9 Å². The Morgan fingerprint density at radius 2 is 2.21 bits per heavy atom. The van der Waals surface area contributed by atoms with Gasteiger partial charge in [0.25, 0.3) is 0 Å². The smallest absolute Gasteiger partial charge is 0.239 e. The van der Waals surface area contributed by atoms with Crippen molar-refractivity contribution < 1.29 is 4.79 Å². The van der Waals surface area contributed by atoms with Crippen molar-refractivity contribution in [1.82, 2.24) is 5.32 Å². The Hall–Kier alpha value is -1.52. The minimum atomic E-state index is -0.0252. The summed E-state index contributed by atoms with van der Waals surface area (Å²) in [5.74, 6) is -0.0252. The van der Waals surface area contributed by atoms with E-state index in [2.05, 4.69) is 10.6 Å². The maximum Gasteiger partial charge on any atom is 0.239 e. The number of aryl methyl sites for hydroxylation is 1. The van der Waals surface area contributed by atoms with Gasteiger partial charge in [0.1, 0.15) is 0 Å². The van der Waals surface area contributed by atoms with Crippen LogP contribution in [-0.4, -0.2) is 12.5 Å². The fourth-order valence-electron chi connectivity index (χ4n) is 1.66. The summed E-state index contributed by atoms with van der Waals surface area (Å²) in [5, 5.41) is 8.67. The molecule has 1 amide bonds. The van der Waals surface area contributed by atoms with Crippen LogP contribution in [-0.2, 0) is 11.3 Å².